The molecule has 0 atom stereocenters. The summed E-state index contributed by atoms with van der Waals surface area (Å²) in [4.78, 5) is 16.2. The SMILES string of the molecule is CCN(CC)C(=O)CCCN(C)CC1CCNCC1. The molecular formula is C15H31N3O. The van der Waals surface area contributed by atoms with E-state index in [9.17, 15) is 4.79 Å². The Hall–Kier alpha value is -0.610. The molecule has 0 spiro atoms. The van der Waals surface area contributed by atoms with Gasteiger partial charge in [0.2, 0.25) is 5.91 Å². The molecule has 1 amide bonds. The van der Waals surface area contributed by atoms with E-state index in [-0.39, 0.29) is 0 Å². The maximum atomic E-state index is 11.9. The maximum Gasteiger partial charge on any atom is 0.222 e. The second-order valence-corrected chi connectivity index (χ2v) is 5.63. The average molecular weight is 269 g/mol. The van der Waals surface area contributed by atoms with Crippen LogP contribution in [-0.2, 0) is 4.79 Å². The number of amides is 1. The predicted octanol–water partition coefficient (Wildman–Crippen LogP) is 1.57. The summed E-state index contributed by atoms with van der Waals surface area (Å²) in [6, 6.07) is 0. The van der Waals surface area contributed by atoms with Crippen LogP contribution in [0.4, 0.5) is 0 Å². The van der Waals surface area contributed by atoms with Gasteiger partial charge in [-0.25, -0.2) is 0 Å². The number of nitrogens with one attached hydrogen (secondary N) is 1. The zero-order valence-corrected chi connectivity index (χ0v) is 13.0. The number of carbonyl (C=O) groups excluding carboxylic acids is 1. The lowest BCUT2D eigenvalue weighted by Gasteiger charge is -2.27. The first-order valence-electron chi connectivity index (χ1n) is 7.84. The zero-order valence-electron chi connectivity index (χ0n) is 13.0. The van der Waals surface area contributed by atoms with Gasteiger partial charge in [-0.2, -0.15) is 0 Å². The van der Waals surface area contributed by atoms with Crippen molar-refractivity contribution < 1.29 is 4.79 Å². The smallest absolute Gasteiger partial charge is 0.222 e. The average Bonchev–Trinajstić information content (AvgIpc) is 2.41. The van der Waals surface area contributed by atoms with Crippen molar-refractivity contribution in [1.82, 2.24) is 15.1 Å². The van der Waals surface area contributed by atoms with E-state index in [1.165, 1.54) is 32.5 Å². The van der Waals surface area contributed by atoms with Gasteiger partial charge in [0.25, 0.3) is 0 Å². The van der Waals surface area contributed by atoms with E-state index in [2.05, 4.69) is 17.3 Å². The van der Waals surface area contributed by atoms with Crippen molar-refractivity contribution in [1.29, 1.82) is 0 Å². The first kappa shape index (κ1) is 16.4. The molecule has 0 bridgehead atoms. The van der Waals surface area contributed by atoms with Gasteiger partial charge in [-0.15, -0.1) is 0 Å². The molecule has 1 heterocycles. The van der Waals surface area contributed by atoms with Crippen molar-refractivity contribution >= 4 is 5.91 Å². The fourth-order valence-electron chi connectivity index (χ4n) is 2.83. The fourth-order valence-corrected chi connectivity index (χ4v) is 2.83. The number of rotatable bonds is 8. The topological polar surface area (TPSA) is 35.6 Å². The van der Waals surface area contributed by atoms with Gasteiger partial charge in [-0.1, -0.05) is 0 Å². The van der Waals surface area contributed by atoms with Crippen molar-refractivity contribution in [2.45, 2.75) is 39.5 Å². The Bertz CT molecular complexity index is 248. The van der Waals surface area contributed by atoms with Gasteiger partial charge in [0, 0.05) is 26.1 Å². The minimum atomic E-state index is 0.306. The third-order valence-corrected chi connectivity index (χ3v) is 4.08. The lowest BCUT2D eigenvalue weighted by molar-refractivity contribution is -0.130. The molecule has 1 aliphatic rings. The van der Waals surface area contributed by atoms with Gasteiger partial charge < -0.3 is 15.1 Å². The van der Waals surface area contributed by atoms with Crippen LogP contribution < -0.4 is 5.32 Å². The van der Waals surface area contributed by atoms with E-state index in [1.54, 1.807) is 0 Å². The largest absolute Gasteiger partial charge is 0.343 e. The monoisotopic (exact) mass is 269 g/mol. The summed E-state index contributed by atoms with van der Waals surface area (Å²) in [5.41, 5.74) is 0. The van der Waals surface area contributed by atoms with Gasteiger partial charge in [0.05, 0.1) is 0 Å². The van der Waals surface area contributed by atoms with E-state index >= 15 is 0 Å². The van der Waals surface area contributed by atoms with Crippen LogP contribution in [0.15, 0.2) is 0 Å². The molecule has 1 N–H and O–H groups in total. The fraction of sp³-hybridized carbons (Fsp3) is 0.933. The summed E-state index contributed by atoms with van der Waals surface area (Å²) >= 11 is 0. The standard InChI is InChI=1S/C15H31N3O/c1-4-18(5-2)15(19)7-6-12-17(3)13-14-8-10-16-11-9-14/h14,16H,4-13H2,1-3H3. The van der Waals surface area contributed by atoms with Crippen LogP contribution in [0.25, 0.3) is 0 Å². The molecule has 4 heteroatoms. The van der Waals surface area contributed by atoms with Crippen molar-refractivity contribution in [3.05, 3.63) is 0 Å². The van der Waals surface area contributed by atoms with Crippen LogP contribution in [0.5, 0.6) is 0 Å². The molecule has 0 aromatic rings. The maximum absolute atomic E-state index is 11.9. The molecule has 0 aromatic carbocycles. The molecule has 0 saturated carbocycles. The molecule has 1 saturated heterocycles. The highest BCUT2D eigenvalue weighted by atomic mass is 16.2. The summed E-state index contributed by atoms with van der Waals surface area (Å²) in [6.45, 7) is 10.3. The highest BCUT2D eigenvalue weighted by Gasteiger charge is 2.15. The molecule has 1 aliphatic heterocycles. The van der Waals surface area contributed by atoms with Crippen molar-refractivity contribution in [3.8, 4) is 0 Å². The number of carbonyl (C=O) groups is 1. The molecule has 1 fully saturated rings. The third kappa shape index (κ3) is 6.39. The Morgan fingerprint density at radius 1 is 1.21 bits per heavy atom. The number of nitrogens with zero attached hydrogens (tertiary/aromatic N) is 2. The van der Waals surface area contributed by atoms with Crippen molar-refractivity contribution in [2.75, 3.05) is 46.3 Å². The lowest BCUT2D eigenvalue weighted by Crippen LogP contribution is -2.35. The van der Waals surface area contributed by atoms with Gasteiger partial charge in [0.15, 0.2) is 0 Å². The molecule has 4 nitrogen and oxygen atoms in total. The van der Waals surface area contributed by atoms with Crippen LogP contribution in [-0.4, -0.2) is 62.0 Å². The second-order valence-electron chi connectivity index (χ2n) is 5.63. The van der Waals surface area contributed by atoms with Crippen molar-refractivity contribution in [3.63, 3.8) is 0 Å². The van der Waals surface area contributed by atoms with Crippen LogP contribution in [0.1, 0.15) is 39.5 Å². The summed E-state index contributed by atoms with van der Waals surface area (Å²) < 4.78 is 0. The Balaban J connectivity index is 2.12. The summed E-state index contributed by atoms with van der Waals surface area (Å²) in [5, 5.41) is 3.40. The van der Waals surface area contributed by atoms with E-state index in [4.69, 9.17) is 0 Å². The molecule has 112 valence electrons. The first-order valence-corrected chi connectivity index (χ1v) is 7.84. The van der Waals surface area contributed by atoms with E-state index in [1.807, 2.05) is 18.7 Å². The van der Waals surface area contributed by atoms with Crippen LogP contribution in [0, 0.1) is 5.92 Å². The Morgan fingerprint density at radius 3 is 2.42 bits per heavy atom. The molecule has 0 aromatic heterocycles. The Labute approximate surface area is 118 Å². The van der Waals surface area contributed by atoms with Crippen molar-refractivity contribution in [2.24, 2.45) is 5.92 Å². The minimum Gasteiger partial charge on any atom is -0.343 e. The molecule has 0 radical (unpaired) electrons. The lowest BCUT2D eigenvalue weighted by atomic mass is 9.97. The normalized spacial score (nSPS) is 16.8. The number of hydrogen-bond donors (Lipinski definition) is 1. The summed E-state index contributed by atoms with van der Waals surface area (Å²) in [7, 11) is 2.18. The molecule has 1 rings (SSSR count). The molecule has 0 unspecified atom stereocenters. The van der Waals surface area contributed by atoms with Gasteiger partial charge in [-0.05, 0) is 65.7 Å². The third-order valence-electron chi connectivity index (χ3n) is 4.08. The predicted molar refractivity (Wildman–Crippen MR) is 80.3 cm³/mol. The van der Waals surface area contributed by atoms with Gasteiger partial charge in [-0.3, -0.25) is 4.79 Å². The highest BCUT2D eigenvalue weighted by Crippen LogP contribution is 2.13. The van der Waals surface area contributed by atoms with Gasteiger partial charge >= 0.3 is 0 Å². The zero-order chi connectivity index (χ0) is 14.1. The van der Waals surface area contributed by atoms with E-state index in [0.717, 1.165) is 32.0 Å². The van der Waals surface area contributed by atoms with Crippen LogP contribution >= 0.6 is 0 Å². The minimum absolute atomic E-state index is 0.306. The first-order chi connectivity index (χ1) is 9.17. The second kappa shape index (κ2) is 9.32. The molecule has 19 heavy (non-hydrogen) atoms. The molecular weight excluding hydrogens is 238 g/mol. The number of hydrogen-bond acceptors (Lipinski definition) is 3. The van der Waals surface area contributed by atoms with E-state index < -0.39 is 0 Å². The molecule has 0 aliphatic carbocycles. The summed E-state index contributed by atoms with van der Waals surface area (Å²) in [6.07, 6.45) is 4.26. The summed E-state index contributed by atoms with van der Waals surface area (Å²) in [5.74, 6) is 1.14. The number of piperidine rings is 1. The van der Waals surface area contributed by atoms with Crippen LogP contribution in [0.3, 0.4) is 0 Å². The van der Waals surface area contributed by atoms with Crippen LogP contribution in [0.2, 0.25) is 0 Å². The highest BCUT2D eigenvalue weighted by molar-refractivity contribution is 5.76. The van der Waals surface area contributed by atoms with Gasteiger partial charge in [0.1, 0.15) is 0 Å². The quantitative estimate of drug-likeness (QED) is 0.726. The van der Waals surface area contributed by atoms with E-state index in [0.29, 0.717) is 12.3 Å². The Kier molecular flexibility index (Phi) is 8.07. The Morgan fingerprint density at radius 2 is 1.84 bits per heavy atom.